The predicted molar refractivity (Wildman–Crippen MR) is 123 cm³/mol. The van der Waals surface area contributed by atoms with Crippen LogP contribution in [0.2, 0.25) is 0 Å². The van der Waals surface area contributed by atoms with Crippen LogP contribution in [0, 0.1) is 0 Å². The molecule has 30 heavy (non-hydrogen) atoms. The maximum absolute atomic E-state index is 12.3. The van der Waals surface area contributed by atoms with E-state index in [4.69, 9.17) is 4.74 Å². The van der Waals surface area contributed by atoms with Crippen molar-refractivity contribution in [3.8, 4) is 5.75 Å². The van der Waals surface area contributed by atoms with Gasteiger partial charge in [-0.15, -0.1) is 0 Å². The molecule has 2 aromatic rings. The normalized spacial score (nSPS) is 12.5. The summed E-state index contributed by atoms with van der Waals surface area (Å²) in [4.78, 5) is 12.3. The molecule has 0 bridgehead atoms. The zero-order chi connectivity index (χ0) is 22.7. The highest BCUT2D eigenvalue weighted by molar-refractivity contribution is 9.10. The summed E-state index contributed by atoms with van der Waals surface area (Å²) < 4.78 is 33.6. The maximum atomic E-state index is 12.3. The number of benzene rings is 2. The van der Waals surface area contributed by atoms with Crippen LogP contribution >= 0.6 is 15.9 Å². The van der Waals surface area contributed by atoms with Crippen LogP contribution in [0.25, 0.3) is 0 Å². The molecule has 0 aromatic heterocycles. The van der Waals surface area contributed by atoms with E-state index < -0.39 is 15.6 Å². The summed E-state index contributed by atoms with van der Waals surface area (Å²) in [5.74, 6) is 0.234. The smallest absolute Gasteiger partial charge is 0.262 e. The third kappa shape index (κ3) is 7.11. The van der Waals surface area contributed by atoms with Crippen molar-refractivity contribution in [3.63, 3.8) is 0 Å². The number of ether oxygens (including phenoxy) is 1. The second-order valence-corrected chi connectivity index (χ2v) is 11.6. The molecule has 164 valence electrons. The van der Waals surface area contributed by atoms with E-state index in [-0.39, 0.29) is 22.8 Å². The van der Waals surface area contributed by atoms with Crippen LogP contribution in [0.1, 0.15) is 47.1 Å². The van der Waals surface area contributed by atoms with Crippen LogP contribution < -0.4 is 14.8 Å². The third-order valence-corrected chi connectivity index (χ3v) is 6.44. The van der Waals surface area contributed by atoms with Gasteiger partial charge in [0.1, 0.15) is 5.75 Å². The molecule has 0 saturated carbocycles. The summed E-state index contributed by atoms with van der Waals surface area (Å²) >= 11 is 3.48. The van der Waals surface area contributed by atoms with E-state index in [1.54, 1.807) is 32.9 Å². The highest BCUT2D eigenvalue weighted by Gasteiger charge is 2.22. The Morgan fingerprint density at radius 2 is 1.60 bits per heavy atom. The summed E-state index contributed by atoms with van der Waals surface area (Å²) in [6, 6.07) is 11.8. The van der Waals surface area contributed by atoms with Crippen molar-refractivity contribution in [1.29, 1.82) is 0 Å². The largest absolute Gasteiger partial charge is 0.483 e. The van der Waals surface area contributed by atoms with Gasteiger partial charge in [-0.1, -0.05) is 26.8 Å². The molecule has 6 nitrogen and oxygen atoms in total. The number of carbonyl (C=O) groups is 1. The first-order chi connectivity index (χ1) is 13.7. The zero-order valence-corrected chi connectivity index (χ0v) is 20.6. The second kappa shape index (κ2) is 9.08. The SMILES string of the molecule is CC(C)(C)NS(=O)(=O)c1ccc(NC(=O)COc2ccc(C(C)(C)C)cc2Br)cc1. The van der Waals surface area contributed by atoms with Gasteiger partial charge in [0.2, 0.25) is 10.0 Å². The molecule has 0 unspecified atom stereocenters. The van der Waals surface area contributed by atoms with Gasteiger partial charge >= 0.3 is 0 Å². The average Bonchev–Trinajstić information content (AvgIpc) is 2.58. The lowest BCUT2D eigenvalue weighted by Crippen LogP contribution is -2.40. The van der Waals surface area contributed by atoms with Crippen molar-refractivity contribution < 1.29 is 17.9 Å². The Bertz CT molecular complexity index is 1000. The van der Waals surface area contributed by atoms with Crippen molar-refractivity contribution >= 4 is 37.5 Å². The zero-order valence-electron chi connectivity index (χ0n) is 18.2. The van der Waals surface area contributed by atoms with Crippen molar-refractivity contribution in [3.05, 3.63) is 52.5 Å². The minimum Gasteiger partial charge on any atom is -0.483 e. The van der Waals surface area contributed by atoms with Crippen molar-refractivity contribution in [1.82, 2.24) is 4.72 Å². The molecule has 0 saturated heterocycles. The molecule has 0 atom stereocenters. The Balaban J connectivity index is 1.97. The number of carbonyl (C=O) groups excluding carboxylic acids is 1. The van der Waals surface area contributed by atoms with Gasteiger partial charge in [0.25, 0.3) is 5.91 Å². The first-order valence-electron chi connectivity index (χ1n) is 9.54. The lowest BCUT2D eigenvalue weighted by atomic mass is 9.87. The molecule has 0 fully saturated rings. The van der Waals surface area contributed by atoms with Gasteiger partial charge in [0, 0.05) is 11.2 Å². The molecule has 1 amide bonds. The highest BCUT2D eigenvalue weighted by Crippen LogP contribution is 2.31. The Kier molecular flexibility index (Phi) is 7.37. The molecule has 0 spiro atoms. The number of hydrogen-bond donors (Lipinski definition) is 2. The van der Waals surface area contributed by atoms with E-state index in [2.05, 4.69) is 46.7 Å². The van der Waals surface area contributed by atoms with Crippen molar-refractivity contribution in [2.24, 2.45) is 0 Å². The molecule has 0 aliphatic heterocycles. The average molecular weight is 497 g/mol. The van der Waals surface area contributed by atoms with Gasteiger partial charge in [0.15, 0.2) is 6.61 Å². The lowest BCUT2D eigenvalue weighted by molar-refractivity contribution is -0.118. The number of halogens is 1. The van der Waals surface area contributed by atoms with Crippen LogP contribution in [0.15, 0.2) is 51.8 Å². The minimum absolute atomic E-state index is 0.0144. The maximum Gasteiger partial charge on any atom is 0.262 e. The summed E-state index contributed by atoms with van der Waals surface area (Å²) in [6.07, 6.45) is 0. The van der Waals surface area contributed by atoms with E-state index in [0.29, 0.717) is 11.4 Å². The van der Waals surface area contributed by atoms with Crippen molar-refractivity contribution in [2.75, 3.05) is 11.9 Å². The van der Waals surface area contributed by atoms with Gasteiger partial charge in [-0.2, -0.15) is 0 Å². The molecule has 0 aliphatic carbocycles. The molecule has 8 heteroatoms. The number of nitrogens with one attached hydrogen (secondary N) is 2. The summed E-state index contributed by atoms with van der Waals surface area (Å²) in [6.45, 7) is 11.5. The number of anilines is 1. The summed E-state index contributed by atoms with van der Waals surface area (Å²) in [5, 5.41) is 2.70. The van der Waals surface area contributed by atoms with E-state index >= 15 is 0 Å². The van der Waals surface area contributed by atoms with Crippen LogP contribution in [-0.2, 0) is 20.2 Å². The summed E-state index contributed by atoms with van der Waals surface area (Å²) in [7, 11) is -3.62. The molecule has 0 aliphatic rings. The van der Waals surface area contributed by atoms with E-state index in [1.165, 1.54) is 12.1 Å². The number of sulfonamides is 1. The fraction of sp³-hybridized carbons (Fsp3) is 0.409. The Morgan fingerprint density at radius 3 is 2.10 bits per heavy atom. The van der Waals surface area contributed by atoms with E-state index in [9.17, 15) is 13.2 Å². The molecular weight excluding hydrogens is 468 g/mol. The van der Waals surface area contributed by atoms with Gasteiger partial charge < -0.3 is 10.1 Å². The number of amides is 1. The Morgan fingerprint density at radius 1 is 1.00 bits per heavy atom. The minimum atomic E-state index is -3.62. The fourth-order valence-corrected chi connectivity index (χ4v) is 4.52. The molecule has 2 N–H and O–H groups in total. The predicted octanol–water partition coefficient (Wildman–Crippen LogP) is 4.84. The molecule has 2 rings (SSSR count). The Hall–Kier alpha value is -1.90. The van der Waals surface area contributed by atoms with E-state index in [0.717, 1.165) is 10.0 Å². The number of hydrogen-bond acceptors (Lipinski definition) is 4. The molecule has 0 heterocycles. The molecule has 0 radical (unpaired) electrons. The van der Waals surface area contributed by atoms with Crippen LogP contribution in [0.5, 0.6) is 5.75 Å². The Labute approximate surface area is 187 Å². The van der Waals surface area contributed by atoms with Crippen LogP contribution in [0.3, 0.4) is 0 Å². The topological polar surface area (TPSA) is 84.5 Å². The highest BCUT2D eigenvalue weighted by atomic mass is 79.9. The monoisotopic (exact) mass is 496 g/mol. The number of rotatable bonds is 6. The lowest BCUT2D eigenvalue weighted by Gasteiger charge is -2.20. The van der Waals surface area contributed by atoms with Gasteiger partial charge in [0.05, 0.1) is 9.37 Å². The third-order valence-electron chi connectivity index (χ3n) is 4.05. The van der Waals surface area contributed by atoms with Gasteiger partial charge in [-0.05, 0) is 84.1 Å². The molecular formula is C22H29BrN2O4S. The van der Waals surface area contributed by atoms with Gasteiger partial charge in [-0.3, -0.25) is 4.79 Å². The fourth-order valence-electron chi connectivity index (χ4n) is 2.60. The standard InChI is InChI=1S/C22H29BrN2O4S/c1-21(2,3)15-7-12-19(18(23)13-15)29-14-20(26)24-16-8-10-17(11-9-16)30(27,28)25-22(4,5)6/h7-13,25H,14H2,1-6H3,(H,24,26). The first kappa shape index (κ1) is 24.4. The molecule has 2 aromatic carbocycles. The first-order valence-corrected chi connectivity index (χ1v) is 11.8. The van der Waals surface area contributed by atoms with Crippen LogP contribution in [-0.4, -0.2) is 26.5 Å². The van der Waals surface area contributed by atoms with Gasteiger partial charge in [-0.25, -0.2) is 13.1 Å². The van der Waals surface area contributed by atoms with Crippen LogP contribution in [0.4, 0.5) is 5.69 Å². The second-order valence-electron chi connectivity index (χ2n) is 9.11. The van der Waals surface area contributed by atoms with Crippen molar-refractivity contribution in [2.45, 2.75) is 57.4 Å². The summed E-state index contributed by atoms with van der Waals surface area (Å²) in [5.41, 5.74) is 1.07. The van der Waals surface area contributed by atoms with E-state index in [1.807, 2.05) is 18.2 Å². The quantitative estimate of drug-likeness (QED) is 0.598.